The first-order valence-corrected chi connectivity index (χ1v) is 6.91. The molecule has 1 N–H and O–H groups in total. The predicted molar refractivity (Wildman–Crippen MR) is 83.4 cm³/mol. The Morgan fingerprint density at radius 2 is 2.00 bits per heavy atom. The van der Waals surface area contributed by atoms with Gasteiger partial charge in [-0.1, -0.05) is 17.7 Å². The summed E-state index contributed by atoms with van der Waals surface area (Å²) in [5.41, 5.74) is -0.618. The molecule has 0 saturated heterocycles. The number of carbonyl (C=O) groups excluding carboxylic acids is 2. The van der Waals surface area contributed by atoms with Crippen molar-refractivity contribution in [3.8, 4) is 0 Å². The number of nitrogens with zero attached hydrogens (tertiary/aromatic N) is 1. The minimum absolute atomic E-state index is 0.150. The van der Waals surface area contributed by atoms with Crippen LogP contribution in [0.2, 0.25) is 5.02 Å². The molecule has 0 fully saturated rings. The van der Waals surface area contributed by atoms with Gasteiger partial charge in [-0.3, -0.25) is 14.9 Å². The van der Waals surface area contributed by atoms with Crippen LogP contribution in [-0.4, -0.2) is 23.4 Å². The van der Waals surface area contributed by atoms with Crippen LogP contribution in [0.25, 0.3) is 0 Å². The maximum atomic E-state index is 13.5. The van der Waals surface area contributed by atoms with E-state index in [0.29, 0.717) is 5.02 Å². The number of nitro groups is 1. The van der Waals surface area contributed by atoms with Crippen LogP contribution in [-0.2, 0) is 9.53 Å². The van der Waals surface area contributed by atoms with Gasteiger partial charge in [0.25, 0.3) is 11.6 Å². The van der Waals surface area contributed by atoms with Crippen LogP contribution in [0.3, 0.4) is 0 Å². The Balaban J connectivity index is 1.97. The lowest BCUT2D eigenvalue weighted by Gasteiger charge is -2.07. The zero-order chi connectivity index (χ0) is 17.7. The number of ether oxygens (including phenoxy) is 1. The Kier molecular flexibility index (Phi) is 5.43. The van der Waals surface area contributed by atoms with Crippen molar-refractivity contribution < 1.29 is 23.6 Å². The fourth-order valence-electron chi connectivity index (χ4n) is 1.74. The Labute approximate surface area is 140 Å². The number of esters is 1. The average Bonchev–Trinajstić information content (AvgIpc) is 2.54. The molecule has 0 atom stereocenters. The molecular formula is C15H10ClFN2O5. The van der Waals surface area contributed by atoms with Crippen LogP contribution in [0.5, 0.6) is 0 Å². The molecule has 0 radical (unpaired) electrons. The molecule has 0 saturated carbocycles. The van der Waals surface area contributed by atoms with E-state index in [2.05, 4.69) is 5.32 Å². The first-order chi connectivity index (χ1) is 11.4. The number of rotatable bonds is 5. The third-order valence-electron chi connectivity index (χ3n) is 2.83. The van der Waals surface area contributed by atoms with Crippen LogP contribution in [0, 0.1) is 15.9 Å². The van der Waals surface area contributed by atoms with Crippen molar-refractivity contribution in [2.75, 3.05) is 11.9 Å². The van der Waals surface area contributed by atoms with Gasteiger partial charge in [0.15, 0.2) is 6.61 Å². The largest absolute Gasteiger partial charge is 0.452 e. The molecule has 2 aromatic carbocycles. The minimum Gasteiger partial charge on any atom is -0.452 e. The highest BCUT2D eigenvalue weighted by molar-refractivity contribution is 6.30. The zero-order valence-electron chi connectivity index (χ0n) is 12.0. The second-order valence-corrected chi connectivity index (χ2v) is 4.99. The molecule has 0 unspecified atom stereocenters. The van der Waals surface area contributed by atoms with E-state index < -0.39 is 29.2 Å². The zero-order valence-corrected chi connectivity index (χ0v) is 12.7. The Morgan fingerprint density at radius 1 is 1.25 bits per heavy atom. The molecular weight excluding hydrogens is 343 g/mol. The van der Waals surface area contributed by atoms with Crippen molar-refractivity contribution in [2.24, 2.45) is 0 Å². The number of hydrogen-bond donors (Lipinski definition) is 1. The fourth-order valence-corrected chi connectivity index (χ4v) is 1.93. The van der Waals surface area contributed by atoms with E-state index in [4.69, 9.17) is 16.3 Å². The Bertz CT molecular complexity index is 812. The molecule has 0 bridgehead atoms. The van der Waals surface area contributed by atoms with Gasteiger partial charge in [-0.05, 0) is 24.3 Å². The summed E-state index contributed by atoms with van der Waals surface area (Å²) >= 11 is 5.73. The lowest BCUT2D eigenvalue weighted by atomic mass is 10.2. The summed E-state index contributed by atoms with van der Waals surface area (Å²) in [6.07, 6.45) is 0. The molecule has 0 aliphatic carbocycles. The molecule has 9 heteroatoms. The second kappa shape index (κ2) is 7.51. The molecule has 0 aliphatic heterocycles. The van der Waals surface area contributed by atoms with E-state index >= 15 is 0 Å². The van der Waals surface area contributed by atoms with Crippen molar-refractivity contribution in [1.82, 2.24) is 0 Å². The first kappa shape index (κ1) is 17.4. The van der Waals surface area contributed by atoms with E-state index in [9.17, 15) is 24.1 Å². The van der Waals surface area contributed by atoms with Crippen molar-refractivity contribution in [3.63, 3.8) is 0 Å². The predicted octanol–water partition coefficient (Wildman–Crippen LogP) is 3.18. The Morgan fingerprint density at radius 3 is 2.67 bits per heavy atom. The van der Waals surface area contributed by atoms with E-state index in [0.717, 1.165) is 18.2 Å². The standard InChI is InChI=1S/C15H10ClFN2O5/c16-10-3-1-2-9(6-10)15(21)24-8-14(20)18-13-7-11(19(22)23)4-5-12(13)17/h1-7H,8H2,(H,18,20). The summed E-state index contributed by atoms with van der Waals surface area (Å²) in [6, 6.07) is 8.60. The van der Waals surface area contributed by atoms with Gasteiger partial charge in [0, 0.05) is 17.2 Å². The van der Waals surface area contributed by atoms with Crippen molar-refractivity contribution in [1.29, 1.82) is 0 Å². The molecule has 124 valence electrons. The fraction of sp³-hybridized carbons (Fsp3) is 0.0667. The van der Waals surface area contributed by atoms with Crippen molar-refractivity contribution >= 4 is 34.9 Å². The van der Waals surface area contributed by atoms with Crippen LogP contribution in [0.1, 0.15) is 10.4 Å². The highest BCUT2D eigenvalue weighted by Gasteiger charge is 2.15. The quantitative estimate of drug-likeness (QED) is 0.506. The summed E-state index contributed by atoms with van der Waals surface area (Å²) in [7, 11) is 0. The van der Waals surface area contributed by atoms with E-state index in [1.165, 1.54) is 18.2 Å². The number of amides is 1. The average molecular weight is 353 g/mol. The molecule has 2 aromatic rings. The molecule has 0 aliphatic rings. The molecule has 7 nitrogen and oxygen atoms in total. The minimum atomic E-state index is -0.852. The highest BCUT2D eigenvalue weighted by Crippen LogP contribution is 2.21. The summed E-state index contributed by atoms with van der Waals surface area (Å²) in [5.74, 6) is -2.48. The van der Waals surface area contributed by atoms with E-state index in [1.807, 2.05) is 0 Å². The van der Waals surface area contributed by atoms with E-state index in [1.54, 1.807) is 6.07 Å². The third-order valence-corrected chi connectivity index (χ3v) is 3.06. The maximum Gasteiger partial charge on any atom is 0.338 e. The number of anilines is 1. The van der Waals surface area contributed by atoms with Crippen LogP contribution >= 0.6 is 11.6 Å². The van der Waals surface area contributed by atoms with Crippen molar-refractivity contribution in [2.45, 2.75) is 0 Å². The SMILES string of the molecule is O=C(COC(=O)c1cccc(Cl)c1)Nc1cc([N+](=O)[O-])ccc1F. The Hall–Kier alpha value is -3.00. The maximum absolute atomic E-state index is 13.5. The van der Waals surface area contributed by atoms with Gasteiger partial charge < -0.3 is 10.1 Å². The summed E-state index contributed by atoms with van der Waals surface area (Å²) in [6.45, 7) is -0.687. The van der Waals surface area contributed by atoms with Gasteiger partial charge in [-0.2, -0.15) is 0 Å². The topological polar surface area (TPSA) is 98.5 Å². The smallest absolute Gasteiger partial charge is 0.338 e. The number of carbonyl (C=O) groups is 2. The lowest BCUT2D eigenvalue weighted by Crippen LogP contribution is -2.21. The van der Waals surface area contributed by atoms with Gasteiger partial charge in [0.2, 0.25) is 0 Å². The first-order valence-electron chi connectivity index (χ1n) is 6.53. The lowest BCUT2D eigenvalue weighted by molar-refractivity contribution is -0.384. The molecule has 0 spiro atoms. The normalized spacial score (nSPS) is 10.1. The molecule has 0 heterocycles. The van der Waals surface area contributed by atoms with E-state index in [-0.39, 0.29) is 16.9 Å². The summed E-state index contributed by atoms with van der Waals surface area (Å²) < 4.78 is 18.3. The number of non-ortho nitro benzene ring substituents is 1. The number of nitrogens with one attached hydrogen (secondary N) is 1. The van der Waals surface area contributed by atoms with Crippen LogP contribution in [0.15, 0.2) is 42.5 Å². The summed E-state index contributed by atoms with van der Waals surface area (Å²) in [5, 5.41) is 13.1. The van der Waals surface area contributed by atoms with Crippen LogP contribution < -0.4 is 5.32 Å². The van der Waals surface area contributed by atoms with Gasteiger partial charge in [-0.25, -0.2) is 9.18 Å². The van der Waals surface area contributed by atoms with Gasteiger partial charge in [-0.15, -0.1) is 0 Å². The molecule has 0 aromatic heterocycles. The number of nitro benzene ring substituents is 1. The monoisotopic (exact) mass is 352 g/mol. The second-order valence-electron chi connectivity index (χ2n) is 4.56. The van der Waals surface area contributed by atoms with Crippen molar-refractivity contribution in [3.05, 3.63) is 69.0 Å². The van der Waals surface area contributed by atoms with Gasteiger partial charge in [0.05, 0.1) is 16.2 Å². The third kappa shape index (κ3) is 4.50. The molecule has 2 rings (SSSR count). The number of hydrogen-bond acceptors (Lipinski definition) is 5. The van der Waals surface area contributed by atoms with Gasteiger partial charge in [0.1, 0.15) is 5.82 Å². The summed E-state index contributed by atoms with van der Waals surface area (Å²) in [4.78, 5) is 33.3. The van der Waals surface area contributed by atoms with Crippen LogP contribution in [0.4, 0.5) is 15.8 Å². The number of benzene rings is 2. The highest BCUT2D eigenvalue weighted by atomic mass is 35.5. The molecule has 1 amide bonds. The number of halogens is 2. The van der Waals surface area contributed by atoms with Gasteiger partial charge >= 0.3 is 5.97 Å². The molecule has 24 heavy (non-hydrogen) atoms.